The van der Waals surface area contributed by atoms with E-state index in [0.29, 0.717) is 18.9 Å². The summed E-state index contributed by atoms with van der Waals surface area (Å²) in [5.41, 5.74) is 2.60. The molecule has 1 heterocycles. The number of hydrogen-bond donors (Lipinski definition) is 2. The Morgan fingerprint density at radius 2 is 1.96 bits per heavy atom. The van der Waals surface area contributed by atoms with Gasteiger partial charge in [-0.05, 0) is 29.6 Å². The maximum atomic E-state index is 12.3. The van der Waals surface area contributed by atoms with Crippen molar-refractivity contribution in [3.05, 3.63) is 42.0 Å². The first kappa shape index (κ1) is 19.2. The molecule has 1 aliphatic heterocycles. The lowest BCUT2D eigenvalue weighted by Crippen LogP contribution is -3.13. The van der Waals surface area contributed by atoms with E-state index in [1.165, 1.54) is 23.1 Å². The third kappa shape index (κ3) is 6.02. The molecule has 0 aromatic heterocycles. The fourth-order valence-corrected chi connectivity index (χ4v) is 3.16. The van der Waals surface area contributed by atoms with Crippen LogP contribution in [0.5, 0.6) is 0 Å². The van der Waals surface area contributed by atoms with Crippen LogP contribution in [0.25, 0.3) is 5.57 Å². The highest BCUT2D eigenvalue weighted by Crippen LogP contribution is 2.17. The molecule has 1 aromatic carbocycles. The van der Waals surface area contributed by atoms with Crippen LogP contribution in [0.4, 0.5) is 0 Å². The number of carbonyl (C=O) groups is 2. The van der Waals surface area contributed by atoms with Gasteiger partial charge in [0.2, 0.25) is 0 Å². The Bertz CT molecular complexity index is 611. The number of nitrogens with one attached hydrogen (secondary N) is 2. The highest BCUT2D eigenvalue weighted by Gasteiger charge is 2.25. The minimum Gasteiger partial charge on any atom is -0.467 e. The van der Waals surface area contributed by atoms with Crippen molar-refractivity contribution in [2.24, 2.45) is 5.92 Å². The first-order chi connectivity index (χ1) is 12.0. The molecule has 2 rings (SSSR count). The lowest BCUT2D eigenvalue weighted by Gasteiger charge is -2.24. The van der Waals surface area contributed by atoms with Gasteiger partial charge in [-0.25, -0.2) is 4.79 Å². The number of benzene rings is 1. The first-order valence-electron chi connectivity index (χ1n) is 8.94. The van der Waals surface area contributed by atoms with Crippen molar-refractivity contribution in [2.45, 2.75) is 32.7 Å². The standard InChI is InChI=1S/C20H28N2O3/c1-15(2)13-18(20(24)25-3)21-19(23)14-22-11-9-17(10-12-22)16-7-5-4-6-8-16/h4-9,15,18H,10-14H2,1-3H3,(H,21,23)/p+1/t18-/m1/s1. The van der Waals surface area contributed by atoms with Crippen LogP contribution in [-0.4, -0.2) is 44.7 Å². The number of rotatable bonds is 7. The van der Waals surface area contributed by atoms with E-state index in [4.69, 9.17) is 4.74 Å². The largest absolute Gasteiger partial charge is 0.467 e. The van der Waals surface area contributed by atoms with Crippen LogP contribution in [0.2, 0.25) is 0 Å². The molecule has 5 nitrogen and oxygen atoms in total. The van der Waals surface area contributed by atoms with E-state index >= 15 is 0 Å². The summed E-state index contributed by atoms with van der Waals surface area (Å²) >= 11 is 0. The predicted molar refractivity (Wildman–Crippen MR) is 98.0 cm³/mol. The average Bonchev–Trinajstić information content (AvgIpc) is 2.61. The average molecular weight is 345 g/mol. The second kappa shape index (κ2) is 9.37. The molecule has 136 valence electrons. The summed E-state index contributed by atoms with van der Waals surface area (Å²) in [7, 11) is 1.35. The van der Waals surface area contributed by atoms with Gasteiger partial charge in [-0.15, -0.1) is 0 Å². The molecule has 0 saturated heterocycles. The van der Waals surface area contributed by atoms with Crippen molar-refractivity contribution >= 4 is 17.4 Å². The first-order valence-corrected chi connectivity index (χ1v) is 8.94. The summed E-state index contributed by atoms with van der Waals surface area (Å²) < 4.78 is 4.80. The summed E-state index contributed by atoms with van der Waals surface area (Å²) in [5.74, 6) is -0.160. The monoisotopic (exact) mass is 345 g/mol. The van der Waals surface area contributed by atoms with E-state index in [0.717, 1.165) is 19.5 Å². The smallest absolute Gasteiger partial charge is 0.328 e. The topological polar surface area (TPSA) is 59.8 Å². The summed E-state index contributed by atoms with van der Waals surface area (Å²) in [6.45, 7) is 6.16. The van der Waals surface area contributed by atoms with E-state index < -0.39 is 6.04 Å². The second-order valence-corrected chi connectivity index (χ2v) is 7.00. The Balaban J connectivity index is 1.87. The predicted octanol–water partition coefficient (Wildman–Crippen LogP) is 1.06. The Kier molecular flexibility index (Phi) is 7.19. The van der Waals surface area contributed by atoms with E-state index in [-0.39, 0.29) is 11.9 Å². The number of hydrogen-bond acceptors (Lipinski definition) is 3. The van der Waals surface area contributed by atoms with Gasteiger partial charge in [-0.1, -0.05) is 44.2 Å². The Hall–Kier alpha value is -2.14. The lowest BCUT2D eigenvalue weighted by molar-refractivity contribution is -0.886. The Labute approximate surface area is 150 Å². The summed E-state index contributed by atoms with van der Waals surface area (Å²) in [6, 6.07) is 9.79. The van der Waals surface area contributed by atoms with E-state index in [9.17, 15) is 9.59 Å². The highest BCUT2D eigenvalue weighted by atomic mass is 16.5. The summed E-state index contributed by atoms with van der Waals surface area (Å²) in [5, 5.41) is 2.83. The maximum absolute atomic E-state index is 12.3. The highest BCUT2D eigenvalue weighted by molar-refractivity contribution is 5.84. The van der Waals surface area contributed by atoms with Gasteiger partial charge in [0.15, 0.2) is 6.54 Å². The Morgan fingerprint density at radius 1 is 1.24 bits per heavy atom. The summed E-state index contributed by atoms with van der Waals surface area (Å²) in [4.78, 5) is 25.3. The molecule has 0 radical (unpaired) electrons. The maximum Gasteiger partial charge on any atom is 0.328 e. The van der Waals surface area contributed by atoms with Gasteiger partial charge in [0.25, 0.3) is 5.91 Å². The molecule has 1 aliphatic rings. The van der Waals surface area contributed by atoms with Crippen molar-refractivity contribution in [1.82, 2.24) is 5.32 Å². The minimum absolute atomic E-state index is 0.0948. The third-order valence-electron chi connectivity index (χ3n) is 4.47. The molecule has 2 atom stereocenters. The molecule has 1 amide bonds. The number of carbonyl (C=O) groups excluding carboxylic acids is 2. The molecular weight excluding hydrogens is 316 g/mol. The van der Waals surface area contributed by atoms with E-state index in [1.807, 2.05) is 32.0 Å². The van der Waals surface area contributed by atoms with Gasteiger partial charge < -0.3 is 15.0 Å². The summed E-state index contributed by atoms with van der Waals surface area (Å²) in [6.07, 6.45) is 3.76. The molecule has 1 aromatic rings. The van der Waals surface area contributed by atoms with Crippen LogP contribution >= 0.6 is 0 Å². The zero-order chi connectivity index (χ0) is 18.2. The minimum atomic E-state index is -0.558. The van der Waals surface area contributed by atoms with Crippen molar-refractivity contribution in [3.8, 4) is 0 Å². The lowest BCUT2D eigenvalue weighted by atomic mass is 9.99. The van der Waals surface area contributed by atoms with Gasteiger partial charge in [-0.3, -0.25) is 4.79 Å². The molecule has 0 bridgehead atoms. The third-order valence-corrected chi connectivity index (χ3v) is 4.47. The van der Waals surface area contributed by atoms with Crippen LogP contribution in [0.1, 0.15) is 32.3 Å². The molecule has 2 N–H and O–H groups in total. The molecule has 5 heteroatoms. The van der Waals surface area contributed by atoms with Crippen molar-refractivity contribution in [3.63, 3.8) is 0 Å². The van der Waals surface area contributed by atoms with Crippen LogP contribution in [0.3, 0.4) is 0 Å². The van der Waals surface area contributed by atoms with Gasteiger partial charge in [0.1, 0.15) is 6.04 Å². The SMILES string of the molecule is COC(=O)[C@@H](CC(C)C)NC(=O)C[NH+]1CC=C(c2ccccc2)CC1. The normalized spacial score (nSPS) is 18.4. The van der Waals surface area contributed by atoms with Crippen LogP contribution in [0.15, 0.2) is 36.4 Å². The van der Waals surface area contributed by atoms with Crippen molar-refractivity contribution < 1.29 is 19.2 Å². The van der Waals surface area contributed by atoms with Crippen LogP contribution < -0.4 is 10.2 Å². The molecule has 0 saturated carbocycles. The fraction of sp³-hybridized carbons (Fsp3) is 0.500. The Morgan fingerprint density at radius 3 is 2.52 bits per heavy atom. The van der Waals surface area contributed by atoms with E-state index in [1.54, 1.807) is 0 Å². The van der Waals surface area contributed by atoms with E-state index in [2.05, 4.69) is 23.5 Å². The molecule has 1 unspecified atom stereocenters. The zero-order valence-corrected chi connectivity index (χ0v) is 15.4. The van der Waals surface area contributed by atoms with Gasteiger partial charge in [-0.2, -0.15) is 0 Å². The quantitative estimate of drug-likeness (QED) is 0.727. The number of ether oxygens (including phenoxy) is 1. The van der Waals surface area contributed by atoms with Gasteiger partial charge in [0, 0.05) is 6.42 Å². The molecule has 0 aliphatic carbocycles. The number of methoxy groups -OCH3 is 1. The van der Waals surface area contributed by atoms with Gasteiger partial charge >= 0.3 is 5.97 Å². The van der Waals surface area contributed by atoms with Crippen LogP contribution in [-0.2, 0) is 14.3 Å². The zero-order valence-electron chi connectivity index (χ0n) is 15.4. The molecule has 0 fully saturated rings. The second-order valence-electron chi connectivity index (χ2n) is 7.00. The number of esters is 1. The van der Waals surface area contributed by atoms with Crippen LogP contribution in [0, 0.1) is 5.92 Å². The molecular formula is C20H29N2O3+. The van der Waals surface area contributed by atoms with Gasteiger partial charge in [0.05, 0.1) is 20.2 Å². The van der Waals surface area contributed by atoms with Crippen molar-refractivity contribution in [2.75, 3.05) is 26.7 Å². The van der Waals surface area contributed by atoms with Crippen molar-refractivity contribution in [1.29, 1.82) is 0 Å². The molecule has 25 heavy (non-hydrogen) atoms. The molecule has 0 spiro atoms. The number of amides is 1. The fourth-order valence-electron chi connectivity index (χ4n) is 3.16. The number of quaternary nitrogens is 1.